The molecule has 108 valence electrons. The third-order valence-electron chi connectivity index (χ3n) is 2.62. The van der Waals surface area contributed by atoms with Gasteiger partial charge in [-0.2, -0.15) is 0 Å². The first-order valence-corrected chi connectivity index (χ1v) is 9.55. The minimum atomic E-state index is -3.65. The van der Waals surface area contributed by atoms with E-state index in [9.17, 15) is 8.42 Å². The van der Waals surface area contributed by atoms with Crippen LogP contribution in [0.1, 0.15) is 10.4 Å². The van der Waals surface area contributed by atoms with Crippen molar-refractivity contribution in [3.05, 3.63) is 43.0 Å². The van der Waals surface area contributed by atoms with Crippen molar-refractivity contribution in [1.82, 2.24) is 0 Å². The van der Waals surface area contributed by atoms with Gasteiger partial charge < -0.3 is 5.73 Å². The molecule has 2 rings (SSSR count). The van der Waals surface area contributed by atoms with Crippen molar-refractivity contribution >= 4 is 58.9 Å². The maximum absolute atomic E-state index is 12.5. The van der Waals surface area contributed by atoms with Crippen molar-refractivity contribution in [1.29, 1.82) is 0 Å². The fourth-order valence-corrected chi connectivity index (χ4v) is 5.37. The minimum Gasteiger partial charge on any atom is -0.326 e. The standard InChI is InChI=1S/C12H12Br2N2O2S2/c1-7-6-19-11(5-15)12(7)20(17,18)16-10-4-8(13)2-3-9(10)14/h2-4,6,16H,5,15H2,1H3. The Balaban J connectivity index is 2.46. The topological polar surface area (TPSA) is 72.2 Å². The van der Waals surface area contributed by atoms with Crippen LogP contribution in [-0.2, 0) is 16.6 Å². The van der Waals surface area contributed by atoms with Crippen molar-refractivity contribution in [3.63, 3.8) is 0 Å². The van der Waals surface area contributed by atoms with E-state index in [2.05, 4.69) is 36.6 Å². The van der Waals surface area contributed by atoms with Crippen molar-refractivity contribution in [2.24, 2.45) is 5.73 Å². The number of anilines is 1. The average molecular weight is 440 g/mol. The van der Waals surface area contributed by atoms with Gasteiger partial charge in [-0.3, -0.25) is 4.72 Å². The highest BCUT2D eigenvalue weighted by atomic mass is 79.9. The summed E-state index contributed by atoms with van der Waals surface area (Å²) in [5, 5.41) is 1.80. The molecule has 0 aliphatic rings. The van der Waals surface area contributed by atoms with E-state index in [0.717, 1.165) is 4.47 Å². The summed E-state index contributed by atoms with van der Waals surface area (Å²) in [5.41, 5.74) is 6.79. The van der Waals surface area contributed by atoms with Crippen LogP contribution in [0.2, 0.25) is 0 Å². The summed E-state index contributed by atoms with van der Waals surface area (Å²) in [7, 11) is -3.65. The zero-order chi connectivity index (χ0) is 14.9. The van der Waals surface area contributed by atoms with Gasteiger partial charge >= 0.3 is 0 Å². The van der Waals surface area contributed by atoms with Gasteiger partial charge in [0.25, 0.3) is 10.0 Å². The van der Waals surface area contributed by atoms with Crippen LogP contribution in [-0.4, -0.2) is 8.42 Å². The van der Waals surface area contributed by atoms with Gasteiger partial charge in [-0.15, -0.1) is 11.3 Å². The Kier molecular flexibility index (Phi) is 4.91. The highest BCUT2D eigenvalue weighted by Gasteiger charge is 2.23. The summed E-state index contributed by atoms with van der Waals surface area (Å²) >= 11 is 8.01. The molecule has 4 nitrogen and oxygen atoms in total. The van der Waals surface area contributed by atoms with Gasteiger partial charge in [-0.1, -0.05) is 15.9 Å². The average Bonchev–Trinajstić information content (AvgIpc) is 2.75. The van der Waals surface area contributed by atoms with E-state index in [1.807, 2.05) is 6.07 Å². The van der Waals surface area contributed by atoms with Gasteiger partial charge in [-0.05, 0) is 52.0 Å². The molecule has 2 aromatic rings. The fourth-order valence-electron chi connectivity index (χ4n) is 1.76. The highest BCUT2D eigenvalue weighted by molar-refractivity contribution is 9.11. The molecule has 8 heteroatoms. The molecule has 0 saturated carbocycles. The molecule has 0 amide bonds. The molecule has 1 aromatic carbocycles. The van der Waals surface area contributed by atoms with E-state index in [1.54, 1.807) is 24.4 Å². The molecular formula is C12H12Br2N2O2S2. The van der Waals surface area contributed by atoms with E-state index in [1.165, 1.54) is 11.3 Å². The number of nitrogens with two attached hydrogens (primary N) is 1. The predicted octanol–water partition coefficient (Wildman–Crippen LogP) is 3.84. The molecular weight excluding hydrogens is 428 g/mol. The number of nitrogens with one attached hydrogen (secondary N) is 1. The molecule has 0 spiro atoms. The number of aryl methyl sites for hydroxylation is 1. The molecule has 0 radical (unpaired) electrons. The fraction of sp³-hybridized carbons (Fsp3) is 0.167. The third-order valence-corrected chi connectivity index (χ3v) is 6.65. The summed E-state index contributed by atoms with van der Waals surface area (Å²) in [4.78, 5) is 0.929. The van der Waals surface area contributed by atoms with Crippen LogP contribution < -0.4 is 10.5 Å². The molecule has 0 aliphatic heterocycles. The monoisotopic (exact) mass is 438 g/mol. The van der Waals surface area contributed by atoms with Gasteiger partial charge in [0.2, 0.25) is 0 Å². The van der Waals surface area contributed by atoms with Crippen LogP contribution in [0.25, 0.3) is 0 Å². The molecule has 1 aromatic heterocycles. The molecule has 0 fully saturated rings. The van der Waals surface area contributed by atoms with Crippen molar-refractivity contribution < 1.29 is 8.42 Å². The Morgan fingerprint density at radius 2 is 2.05 bits per heavy atom. The highest BCUT2D eigenvalue weighted by Crippen LogP contribution is 2.32. The number of halogens is 2. The zero-order valence-corrected chi connectivity index (χ0v) is 15.3. The van der Waals surface area contributed by atoms with E-state index in [0.29, 0.717) is 20.6 Å². The molecule has 0 bridgehead atoms. The molecule has 3 N–H and O–H groups in total. The Morgan fingerprint density at radius 1 is 1.35 bits per heavy atom. The van der Waals surface area contributed by atoms with Crippen LogP contribution >= 0.6 is 43.2 Å². The van der Waals surface area contributed by atoms with Gasteiger partial charge in [0, 0.05) is 20.4 Å². The SMILES string of the molecule is Cc1csc(CN)c1S(=O)(=O)Nc1cc(Br)ccc1Br. The van der Waals surface area contributed by atoms with Crippen LogP contribution in [0.4, 0.5) is 5.69 Å². The summed E-state index contributed by atoms with van der Waals surface area (Å²) in [5.74, 6) is 0. The predicted molar refractivity (Wildman–Crippen MR) is 89.6 cm³/mol. The van der Waals surface area contributed by atoms with Gasteiger partial charge in [0.05, 0.1) is 5.69 Å². The first kappa shape index (κ1) is 16.0. The lowest BCUT2D eigenvalue weighted by molar-refractivity contribution is 0.600. The Labute approximate surface area is 138 Å². The summed E-state index contributed by atoms with van der Waals surface area (Å²) in [6.45, 7) is 1.97. The smallest absolute Gasteiger partial charge is 0.263 e. The maximum Gasteiger partial charge on any atom is 0.263 e. The van der Waals surface area contributed by atoms with E-state index < -0.39 is 10.0 Å². The van der Waals surface area contributed by atoms with Crippen LogP contribution in [0.15, 0.2) is 37.4 Å². The number of thiophene rings is 1. The molecule has 0 aliphatic carbocycles. The first-order chi connectivity index (χ1) is 9.35. The normalized spacial score (nSPS) is 11.6. The van der Waals surface area contributed by atoms with Gasteiger partial charge in [0.15, 0.2) is 0 Å². The number of hydrogen-bond donors (Lipinski definition) is 2. The largest absolute Gasteiger partial charge is 0.326 e. The second-order valence-corrected chi connectivity index (χ2v) is 8.46. The number of sulfonamides is 1. The lowest BCUT2D eigenvalue weighted by Gasteiger charge is -2.11. The molecule has 1 heterocycles. The second kappa shape index (κ2) is 6.15. The molecule has 20 heavy (non-hydrogen) atoms. The minimum absolute atomic E-state index is 0.203. The van der Waals surface area contributed by atoms with Crippen molar-refractivity contribution in [3.8, 4) is 0 Å². The second-order valence-electron chi connectivity index (χ2n) is 4.10. The summed E-state index contributed by atoms with van der Waals surface area (Å²) in [6.07, 6.45) is 0. The van der Waals surface area contributed by atoms with E-state index in [-0.39, 0.29) is 11.4 Å². The van der Waals surface area contributed by atoms with Crippen molar-refractivity contribution in [2.75, 3.05) is 4.72 Å². The Morgan fingerprint density at radius 3 is 2.70 bits per heavy atom. The number of rotatable bonds is 4. The third kappa shape index (κ3) is 3.25. The molecule has 0 saturated heterocycles. The lowest BCUT2D eigenvalue weighted by atomic mass is 10.3. The van der Waals surface area contributed by atoms with Crippen LogP contribution in [0, 0.1) is 6.92 Å². The molecule has 0 unspecified atom stereocenters. The quantitative estimate of drug-likeness (QED) is 0.759. The van der Waals surface area contributed by atoms with Crippen LogP contribution in [0.5, 0.6) is 0 Å². The van der Waals surface area contributed by atoms with E-state index >= 15 is 0 Å². The molecule has 0 atom stereocenters. The Hall–Kier alpha value is -0.410. The van der Waals surface area contributed by atoms with Gasteiger partial charge in [-0.25, -0.2) is 8.42 Å². The van der Waals surface area contributed by atoms with Gasteiger partial charge in [0.1, 0.15) is 4.90 Å². The van der Waals surface area contributed by atoms with Crippen LogP contribution in [0.3, 0.4) is 0 Å². The maximum atomic E-state index is 12.5. The summed E-state index contributed by atoms with van der Waals surface area (Å²) in [6, 6.07) is 5.29. The summed E-state index contributed by atoms with van der Waals surface area (Å²) < 4.78 is 29.1. The number of benzene rings is 1. The van der Waals surface area contributed by atoms with E-state index in [4.69, 9.17) is 5.73 Å². The lowest BCUT2D eigenvalue weighted by Crippen LogP contribution is -2.16. The van der Waals surface area contributed by atoms with Crippen molar-refractivity contribution in [2.45, 2.75) is 18.4 Å². The first-order valence-electron chi connectivity index (χ1n) is 5.60. The number of hydrogen-bond acceptors (Lipinski definition) is 4. The Bertz CT molecular complexity index is 742. The zero-order valence-electron chi connectivity index (χ0n) is 10.5.